The van der Waals surface area contributed by atoms with Crippen LogP contribution in [-0.2, 0) is 0 Å². The first-order valence-electron chi connectivity index (χ1n) is 1.75. The quantitative estimate of drug-likeness (QED) is 0.497. The molecule has 0 atom stereocenters. The molecule has 0 saturated heterocycles. The van der Waals surface area contributed by atoms with Crippen LogP contribution in [0.25, 0.3) is 0 Å². The minimum Gasteiger partial charge on any atom is -0.0778 e. The van der Waals surface area contributed by atoms with Gasteiger partial charge in [-0.2, -0.15) is 0 Å². The van der Waals surface area contributed by atoms with Crippen LogP contribution >= 0.6 is 29.1 Å². The molecule has 0 amide bonds. The van der Waals surface area contributed by atoms with E-state index in [-0.39, 0.29) is 0 Å². The highest BCUT2D eigenvalue weighted by Gasteiger charge is 2.01. The molecule has 0 saturated carbocycles. The van der Waals surface area contributed by atoms with Crippen molar-refractivity contribution in [2.75, 3.05) is 0 Å². The zero-order valence-electron chi connectivity index (χ0n) is 3.78. The Labute approximate surface area is 49.2 Å². The van der Waals surface area contributed by atoms with Gasteiger partial charge in [0, 0.05) is 5.66 Å². The van der Waals surface area contributed by atoms with Gasteiger partial charge in [-0.25, -0.2) is 0 Å². The van der Waals surface area contributed by atoms with Crippen molar-refractivity contribution in [3.05, 3.63) is 0 Å². The Bertz CT molecular complexity index is 29.8. The van der Waals surface area contributed by atoms with E-state index >= 15 is 0 Å². The molecular weight excluding hydrogens is 138 g/mol. The molecule has 3 heteroatoms. The van der Waals surface area contributed by atoms with E-state index in [9.17, 15) is 0 Å². The Morgan fingerprint density at radius 3 is 1.50 bits per heavy atom. The van der Waals surface area contributed by atoms with E-state index in [4.69, 9.17) is 22.5 Å². The number of hydrogen-bond donors (Lipinski definition) is 0. The van der Waals surface area contributed by atoms with Crippen LogP contribution in [0.5, 0.6) is 0 Å². The fraction of sp³-hybridized carbons (Fsp3) is 1.00. The fourth-order valence-electron chi connectivity index (χ4n) is 0. The lowest BCUT2D eigenvalue weighted by Crippen LogP contribution is -1.78. The third-order valence-electron chi connectivity index (χ3n) is 0.390. The van der Waals surface area contributed by atoms with Crippen LogP contribution in [-0.4, -0.2) is 5.66 Å². The van der Waals surface area contributed by atoms with Crippen molar-refractivity contribution in [2.45, 2.75) is 19.5 Å². The Balaban J connectivity index is 2.99. The highest BCUT2D eigenvalue weighted by molar-refractivity contribution is 8.04. The fourth-order valence-corrected chi connectivity index (χ4v) is 0. The van der Waals surface area contributed by atoms with Gasteiger partial charge < -0.3 is 0 Å². The van der Waals surface area contributed by atoms with Crippen molar-refractivity contribution in [1.82, 2.24) is 0 Å². The molecule has 0 radical (unpaired) electrons. The van der Waals surface area contributed by atoms with Crippen LogP contribution in [0.2, 0.25) is 0 Å². The molecule has 0 bridgehead atoms. The van der Waals surface area contributed by atoms with Gasteiger partial charge in [0.1, 0.15) is 0 Å². The van der Waals surface area contributed by atoms with Crippen molar-refractivity contribution in [2.24, 2.45) is 0 Å². The van der Waals surface area contributed by atoms with E-state index in [0.29, 0.717) is 5.66 Å². The molecule has 0 fully saturated rings. The summed E-state index contributed by atoms with van der Waals surface area (Å²) in [6, 6.07) is 0. The smallest absolute Gasteiger partial charge is 0.0778 e. The average molecular weight is 145 g/mol. The molecule has 0 aromatic carbocycles. The van der Waals surface area contributed by atoms with E-state index in [1.54, 1.807) is 0 Å². The summed E-state index contributed by atoms with van der Waals surface area (Å²) >= 11 is 10.9. The molecule has 0 unspecified atom stereocenters. The summed E-state index contributed by atoms with van der Waals surface area (Å²) in [4.78, 5) is 0. The first-order chi connectivity index (χ1) is 2.64. The molecule has 0 rings (SSSR count). The van der Waals surface area contributed by atoms with Gasteiger partial charge in [-0.1, -0.05) is 36.3 Å². The van der Waals surface area contributed by atoms with Crippen LogP contribution in [0.15, 0.2) is 0 Å². The predicted octanol–water partition coefficient (Wildman–Crippen LogP) is 3.18. The van der Waals surface area contributed by atoms with Gasteiger partial charge in [0.15, 0.2) is 0 Å². The Morgan fingerprint density at radius 2 is 1.50 bits per heavy atom. The van der Waals surface area contributed by atoms with Gasteiger partial charge in [-0.15, -0.1) is 0 Å². The lowest BCUT2D eigenvalue weighted by atomic mass is 10.6. The lowest BCUT2D eigenvalue weighted by Gasteiger charge is -1.99. The molecule has 0 aromatic heterocycles. The van der Waals surface area contributed by atoms with Crippen molar-refractivity contribution >= 4 is 29.1 Å². The Hall–Kier alpha value is 1.01. The molecule has 0 nitrogen and oxygen atoms in total. The summed E-state index contributed by atoms with van der Waals surface area (Å²) < 4.78 is 0. The van der Waals surface area contributed by atoms with Crippen molar-refractivity contribution < 1.29 is 0 Å². The second-order valence-electron chi connectivity index (χ2n) is 1.35. The summed E-state index contributed by atoms with van der Waals surface area (Å²) in [5.74, 6) is 0. The SMILES string of the molecule is CC(C)P(Cl)Cl. The van der Waals surface area contributed by atoms with Crippen LogP contribution in [0.1, 0.15) is 13.8 Å². The van der Waals surface area contributed by atoms with Gasteiger partial charge in [-0.05, 0) is 0 Å². The molecule has 0 heterocycles. The van der Waals surface area contributed by atoms with E-state index in [0.717, 1.165) is 0 Å². The summed E-state index contributed by atoms with van der Waals surface area (Å²) in [6.45, 7) is 3.30. The third kappa shape index (κ3) is 3.21. The first kappa shape index (κ1) is 7.01. The Kier molecular flexibility index (Phi) is 3.59. The number of rotatable bonds is 1. The lowest BCUT2D eigenvalue weighted by molar-refractivity contribution is 1.11. The van der Waals surface area contributed by atoms with E-state index < -0.39 is 6.63 Å². The highest BCUT2D eigenvalue weighted by Crippen LogP contribution is 2.50. The van der Waals surface area contributed by atoms with Crippen LogP contribution in [0, 0.1) is 0 Å². The highest BCUT2D eigenvalue weighted by atomic mass is 35.9. The molecule has 0 aliphatic carbocycles. The van der Waals surface area contributed by atoms with Gasteiger partial charge >= 0.3 is 0 Å². The molecular formula is C3H7Cl2P. The molecule has 0 aromatic rings. The Morgan fingerprint density at radius 1 is 1.33 bits per heavy atom. The summed E-state index contributed by atoms with van der Waals surface area (Å²) in [6.07, 6.45) is 0. The van der Waals surface area contributed by atoms with Gasteiger partial charge in [0.05, 0.1) is 6.63 Å². The van der Waals surface area contributed by atoms with Crippen molar-refractivity contribution in [1.29, 1.82) is 0 Å². The van der Waals surface area contributed by atoms with Gasteiger partial charge in [-0.3, -0.25) is 0 Å². The van der Waals surface area contributed by atoms with Gasteiger partial charge in [0.25, 0.3) is 0 Å². The predicted molar refractivity (Wildman–Crippen MR) is 33.8 cm³/mol. The molecule has 0 spiro atoms. The summed E-state index contributed by atoms with van der Waals surface area (Å²) in [5.41, 5.74) is 0.448. The molecule has 0 aliphatic heterocycles. The largest absolute Gasteiger partial charge is 0.0880 e. The number of halogens is 2. The zero-order valence-corrected chi connectivity index (χ0v) is 6.19. The van der Waals surface area contributed by atoms with Crippen molar-refractivity contribution in [3.63, 3.8) is 0 Å². The number of hydrogen-bond acceptors (Lipinski definition) is 0. The third-order valence-corrected chi connectivity index (χ3v) is 3.51. The maximum atomic E-state index is 5.44. The van der Waals surface area contributed by atoms with Gasteiger partial charge in [0.2, 0.25) is 0 Å². The van der Waals surface area contributed by atoms with E-state index in [1.165, 1.54) is 0 Å². The minimum atomic E-state index is -0.715. The first-order valence-corrected chi connectivity index (χ1v) is 4.97. The van der Waals surface area contributed by atoms with E-state index in [1.807, 2.05) is 13.8 Å². The van der Waals surface area contributed by atoms with Crippen molar-refractivity contribution in [3.8, 4) is 0 Å². The maximum absolute atomic E-state index is 5.44. The topological polar surface area (TPSA) is 0 Å². The monoisotopic (exact) mass is 144 g/mol. The normalized spacial score (nSPS) is 11.0. The summed E-state index contributed by atoms with van der Waals surface area (Å²) in [7, 11) is 0. The molecule has 0 aliphatic rings. The molecule has 0 N–H and O–H groups in total. The molecule has 6 heavy (non-hydrogen) atoms. The van der Waals surface area contributed by atoms with Crippen LogP contribution in [0.4, 0.5) is 0 Å². The summed E-state index contributed by atoms with van der Waals surface area (Å²) in [5, 5.41) is 0. The average Bonchev–Trinajstić information content (AvgIpc) is 1.36. The maximum Gasteiger partial charge on any atom is 0.0880 e. The minimum absolute atomic E-state index is 0.448. The van der Waals surface area contributed by atoms with Crippen LogP contribution < -0.4 is 0 Å². The van der Waals surface area contributed by atoms with Crippen LogP contribution in [0.3, 0.4) is 0 Å². The second-order valence-corrected chi connectivity index (χ2v) is 5.61. The second kappa shape index (κ2) is 3.07. The van der Waals surface area contributed by atoms with E-state index in [2.05, 4.69) is 0 Å². The standard InChI is InChI=1S/C3H7Cl2P/c1-3(2)6(4)5/h3H,1-2H3. The molecule has 38 valence electrons. The zero-order chi connectivity index (χ0) is 5.15.